The monoisotopic (exact) mass is 484 g/mol. The van der Waals surface area contributed by atoms with Crippen molar-refractivity contribution in [3.8, 4) is 5.75 Å². The summed E-state index contributed by atoms with van der Waals surface area (Å²) in [5, 5.41) is 2.93. The Morgan fingerprint density at radius 3 is 2.29 bits per heavy atom. The van der Waals surface area contributed by atoms with Gasteiger partial charge in [-0.05, 0) is 67.3 Å². The number of nitrogens with one attached hydrogen (secondary N) is 2. The molecule has 3 aromatic carbocycles. The molecule has 1 atom stereocenters. The minimum Gasteiger partial charge on any atom is -0.495 e. The van der Waals surface area contributed by atoms with Gasteiger partial charge in [0.1, 0.15) is 16.5 Å². The Bertz CT molecular complexity index is 1260. The maximum atomic E-state index is 14.0. The quantitative estimate of drug-likeness (QED) is 0.465. The van der Waals surface area contributed by atoms with Crippen molar-refractivity contribution >= 4 is 15.9 Å². The summed E-state index contributed by atoms with van der Waals surface area (Å²) in [7, 11) is -2.54. The fourth-order valence-electron chi connectivity index (χ4n) is 3.61. The molecule has 0 heterocycles. The minimum atomic E-state index is -3.91. The number of aryl methyl sites for hydroxylation is 1. The zero-order valence-electron chi connectivity index (χ0n) is 19.6. The highest BCUT2D eigenvalue weighted by molar-refractivity contribution is 7.89. The van der Waals surface area contributed by atoms with Crippen LogP contribution in [-0.4, -0.2) is 27.5 Å². The van der Waals surface area contributed by atoms with Crippen LogP contribution in [0.2, 0.25) is 0 Å². The van der Waals surface area contributed by atoms with Crippen LogP contribution in [0, 0.1) is 5.82 Å². The van der Waals surface area contributed by atoms with E-state index in [2.05, 4.69) is 10.0 Å². The Balaban J connectivity index is 2.00. The largest absolute Gasteiger partial charge is 0.495 e. The van der Waals surface area contributed by atoms with Crippen LogP contribution >= 0.6 is 0 Å². The fourth-order valence-corrected chi connectivity index (χ4v) is 5.05. The summed E-state index contributed by atoms with van der Waals surface area (Å²) < 4.78 is 47.3. The summed E-state index contributed by atoms with van der Waals surface area (Å²) in [6.07, 6.45) is 0.866. The standard InChI is InChI=1S/C26H29FN2O4S/c1-5-18-9-11-19(12-10-18)25(20-7-6-8-22(27)15-20)28-26(30)21-13-14-23(33-4)24(16-21)34(31,32)29-17(2)3/h6-17,25,29H,5H2,1-4H3,(H,28,30). The van der Waals surface area contributed by atoms with Crippen LogP contribution in [0.5, 0.6) is 5.75 Å². The maximum absolute atomic E-state index is 14.0. The Labute approximate surface area is 200 Å². The summed E-state index contributed by atoms with van der Waals surface area (Å²) in [6.45, 7) is 5.45. The van der Waals surface area contributed by atoms with E-state index in [0.29, 0.717) is 5.56 Å². The number of hydrogen-bond donors (Lipinski definition) is 2. The molecule has 2 N–H and O–H groups in total. The second kappa shape index (κ2) is 10.8. The highest BCUT2D eigenvalue weighted by atomic mass is 32.2. The number of hydrogen-bond acceptors (Lipinski definition) is 4. The molecular formula is C26H29FN2O4S. The molecule has 0 radical (unpaired) electrons. The van der Waals surface area contributed by atoms with Gasteiger partial charge in [0.05, 0.1) is 13.2 Å². The lowest BCUT2D eigenvalue weighted by Gasteiger charge is -2.21. The predicted octanol–water partition coefficient (Wildman–Crippen LogP) is 4.60. The average molecular weight is 485 g/mol. The average Bonchev–Trinajstić information content (AvgIpc) is 2.81. The number of carbonyl (C=O) groups is 1. The Morgan fingerprint density at radius 2 is 1.71 bits per heavy atom. The lowest BCUT2D eigenvalue weighted by molar-refractivity contribution is 0.0942. The first-order valence-corrected chi connectivity index (χ1v) is 12.5. The zero-order valence-corrected chi connectivity index (χ0v) is 20.4. The van der Waals surface area contributed by atoms with E-state index >= 15 is 0 Å². The molecule has 0 spiro atoms. The van der Waals surface area contributed by atoms with Crippen LogP contribution in [0.1, 0.15) is 53.9 Å². The molecule has 0 aliphatic rings. The van der Waals surface area contributed by atoms with Gasteiger partial charge in [-0.15, -0.1) is 0 Å². The first kappa shape index (κ1) is 25.4. The molecule has 0 aliphatic carbocycles. The smallest absolute Gasteiger partial charge is 0.252 e. The lowest BCUT2D eigenvalue weighted by atomic mass is 9.96. The van der Waals surface area contributed by atoms with Gasteiger partial charge in [0, 0.05) is 11.6 Å². The molecule has 1 unspecified atom stereocenters. The molecule has 34 heavy (non-hydrogen) atoms. The minimum absolute atomic E-state index is 0.126. The van der Waals surface area contributed by atoms with Crippen molar-refractivity contribution < 1.29 is 22.3 Å². The van der Waals surface area contributed by atoms with E-state index in [9.17, 15) is 17.6 Å². The van der Waals surface area contributed by atoms with Crippen LogP contribution in [0.3, 0.4) is 0 Å². The normalized spacial score (nSPS) is 12.4. The molecule has 6 nitrogen and oxygen atoms in total. The van der Waals surface area contributed by atoms with E-state index in [0.717, 1.165) is 17.5 Å². The second-order valence-electron chi connectivity index (χ2n) is 8.20. The second-order valence-corrected chi connectivity index (χ2v) is 9.88. The number of rotatable bonds is 9. The van der Waals surface area contributed by atoms with E-state index < -0.39 is 27.8 Å². The molecular weight excluding hydrogens is 455 g/mol. The van der Waals surface area contributed by atoms with Crippen molar-refractivity contribution in [2.75, 3.05) is 7.11 Å². The molecule has 180 valence electrons. The van der Waals surface area contributed by atoms with Crippen molar-refractivity contribution in [3.05, 3.63) is 94.8 Å². The van der Waals surface area contributed by atoms with Gasteiger partial charge in [0.25, 0.3) is 5.91 Å². The number of sulfonamides is 1. The molecule has 0 fully saturated rings. The Kier molecular flexibility index (Phi) is 8.06. The van der Waals surface area contributed by atoms with Gasteiger partial charge < -0.3 is 10.1 Å². The van der Waals surface area contributed by atoms with E-state index in [1.54, 1.807) is 26.0 Å². The van der Waals surface area contributed by atoms with Crippen LogP contribution < -0.4 is 14.8 Å². The van der Waals surface area contributed by atoms with Gasteiger partial charge in [0.15, 0.2) is 0 Å². The van der Waals surface area contributed by atoms with Crippen molar-refractivity contribution in [1.82, 2.24) is 10.0 Å². The summed E-state index contributed by atoms with van der Waals surface area (Å²) in [5.74, 6) is -0.793. The number of ether oxygens (including phenoxy) is 1. The zero-order chi connectivity index (χ0) is 24.9. The van der Waals surface area contributed by atoms with Crippen LogP contribution in [0.4, 0.5) is 4.39 Å². The van der Waals surface area contributed by atoms with Gasteiger partial charge in [0.2, 0.25) is 10.0 Å². The summed E-state index contributed by atoms with van der Waals surface area (Å²) in [6, 6.07) is 17.0. The molecule has 8 heteroatoms. The summed E-state index contributed by atoms with van der Waals surface area (Å²) >= 11 is 0. The first-order chi connectivity index (χ1) is 16.1. The van der Waals surface area contributed by atoms with E-state index in [-0.39, 0.29) is 22.3 Å². The highest BCUT2D eigenvalue weighted by Gasteiger charge is 2.24. The van der Waals surface area contributed by atoms with Gasteiger partial charge in [-0.25, -0.2) is 17.5 Å². The molecule has 0 saturated carbocycles. The molecule has 0 bridgehead atoms. The summed E-state index contributed by atoms with van der Waals surface area (Å²) in [4.78, 5) is 13.1. The molecule has 0 saturated heterocycles. The number of benzene rings is 3. The number of methoxy groups -OCH3 is 1. The Hall–Kier alpha value is -3.23. The number of carbonyl (C=O) groups excluding carboxylic acids is 1. The van der Waals surface area contributed by atoms with E-state index in [1.807, 2.05) is 31.2 Å². The van der Waals surface area contributed by atoms with Crippen LogP contribution in [0.25, 0.3) is 0 Å². The molecule has 0 aliphatic heterocycles. The third-order valence-corrected chi connectivity index (χ3v) is 6.96. The van der Waals surface area contributed by atoms with Crippen LogP contribution in [-0.2, 0) is 16.4 Å². The van der Waals surface area contributed by atoms with Crippen LogP contribution in [0.15, 0.2) is 71.6 Å². The summed E-state index contributed by atoms with van der Waals surface area (Å²) in [5.41, 5.74) is 2.62. The fraction of sp³-hybridized carbons (Fsp3) is 0.269. The third-order valence-electron chi connectivity index (χ3n) is 5.28. The SMILES string of the molecule is CCc1ccc(C(NC(=O)c2ccc(OC)c(S(=O)(=O)NC(C)C)c2)c2cccc(F)c2)cc1. The van der Waals surface area contributed by atoms with Gasteiger partial charge in [-0.2, -0.15) is 0 Å². The van der Waals surface area contributed by atoms with Gasteiger partial charge in [-0.3, -0.25) is 4.79 Å². The van der Waals surface area contributed by atoms with Gasteiger partial charge >= 0.3 is 0 Å². The van der Waals surface area contributed by atoms with Crippen molar-refractivity contribution in [2.24, 2.45) is 0 Å². The van der Waals surface area contributed by atoms with Crippen molar-refractivity contribution in [2.45, 2.75) is 44.2 Å². The van der Waals surface area contributed by atoms with Crippen molar-refractivity contribution in [3.63, 3.8) is 0 Å². The predicted molar refractivity (Wildman–Crippen MR) is 130 cm³/mol. The van der Waals surface area contributed by atoms with E-state index in [1.165, 1.54) is 37.4 Å². The van der Waals surface area contributed by atoms with Crippen molar-refractivity contribution in [1.29, 1.82) is 0 Å². The molecule has 3 aromatic rings. The molecule has 1 amide bonds. The Morgan fingerprint density at radius 1 is 1.00 bits per heavy atom. The van der Waals surface area contributed by atoms with Gasteiger partial charge in [-0.1, -0.05) is 43.3 Å². The number of amides is 1. The van der Waals surface area contributed by atoms with E-state index in [4.69, 9.17) is 4.74 Å². The topological polar surface area (TPSA) is 84.5 Å². The molecule has 3 rings (SSSR count). The molecule has 0 aromatic heterocycles. The lowest BCUT2D eigenvalue weighted by Crippen LogP contribution is -2.32. The first-order valence-electron chi connectivity index (χ1n) is 11.0. The maximum Gasteiger partial charge on any atom is 0.252 e. The number of halogens is 1. The third kappa shape index (κ3) is 6.01. The highest BCUT2D eigenvalue weighted by Crippen LogP contribution is 2.27.